The Labute approximate surface area is 157 Å². The number of anilines is 2. The van der Waals surface area contributed by atoms with E-state index in [4.69, 9.17) is 11.5 Å². The third kappa shape index (κ3) is 2.95. The highest BCUT2D eigenvalue weighted by atomic mass is 35.5. The van der Waals surface area contributed by atoms with Crippen LogP contribution >= 0.6 is 12.4 Å². The molecule has 4 N–H and O–H groups in total. The molecule has 0 saturated heterocycles. The lowest BCUT2D eigenvalue weighted by Crippen LogP contribution is -1.95. The third-order valence-corrected chi connectivity index (χ3v) is 4.27. The monoisotopic (exact) mass is 366 g/mol. The van der Waals surface area contributed by atoms with Crippen LogP contribution in [-0.2, 0) is 6.54 Å². The highest BCUT2D eigenvalue weighted by molar-refractivity contribution is 6.08. The topological polar surface area (TPSA) is 94.6 Å². The number of nitrogens with two attached hydrogens (primary N) is 2. The van der Waals surface area contributed by atoms with Crippen LogP contribution in [0.5, 0.6) is 0 Å². The number of para-hydroxylation sites is 1. The van der Waals surface area contributed by atoms with E-state index >= 15 is 0 Å². The summed E-state index contributed by atoms with van der Waals surface area (Å²) in [7, 11) is 0. The van der Waals surface area contributed by atoms with E-state index in [0.29, 0.717) is 11.5 Å². The van der Waals surface area contributed by atoms with Crippen molar-refractivity contribution < 1.29 is 0 Å². The summed E-state index contributed by atoms with van der Waals surface area (Å²) in [6, 6.07) is 17.8. The molecule has 132 valence electrons. The molecule has 6 nitrogen and oxygen atoms in total. The van der Waals surface area contributed by atoms with Crippen LogP contribution in [-0.4, -0.2) is 9.55 Å². The highest BCUT2D eigenvalue weighted by Crippen LogP contribution is 2.32. The molecular formula is C19H19ClN6. The fourth-order valence-corrected chi connectivity index (χ4v) is 3.12. The molecule has 7 heteroatoms. The second-order valence-corrected chi connectivity index (χ2v) is 5.80. The highest BCUT2D eigenvalue weighted by Gasteiger charge is 2.09. The minimum absolute atomic E-state index is 0. The van der Waals surface area contributed by atoms with Gasteiger partial charge in [0.15, 0.2) is 5.82 Å². The SMILES string of the molecule is CCn1c2ccccc2c2cc(N=Nc3ccc(N)nc3N)ccc21.Cl. The van der Waals surface area contributed by atoms with E-state index in [1.54, 1.807) is 12.1 Å². The number of hydrogen-bond donors (Lipinski definition) is 2. The molecule has 2 aromatic heterocycles. The van der Waals surface area contributed by atoms with Crippen LogP contribution < -0.4 is 11.5 Å². The van der Waals surface area contributed by atoms with Crippen molar-refractivity contribution in [1.29, 1.82) is 0 Å². The molecular weight excluding hydrogens is 348 g/mol. The Morgan fingerprint density at radius 3 is 2.46 bits per heavy atom. The van der Waals surface area contributed by atoms with Crippen LogP contribution in [0.2, 0.25) is 0 Å². The van der Waals surface area contributed by atoms with E-state index in [1.807, 2.05) is 12.1 Å². The zero-order valence-corrected chi connectivity index (χ0v) is 15.1. The summed E-state index contributed by atoms with van der Waals surface area (Å²) in [5, 5.41) is 10.9. The first-order chi connectivity index (χ1) is 12.2. The summed E-state index contributed by atoms with van der Waals surface area (Å²) in [4.78, 5) is 3.99. The van der Waals surface area contributed by atoms with Crippen LogP contribution in [0.3, 0.4) is 0 Å². The normalized spacial score (nSPS) is 11.3. The molecule has 0 atom stereocenters. The van der Waals surface area contributed by atoms with E-state index in [0.717, 1.165) is 17.6 Å². The minimum Gasteiger partial charge on any atom is -0.384 e. The molecule has 0 radical (unpaired) electrons. The molecule has 2 heterocycles. The van der Waals surface area contributed by atoms with Crippen LogP contribution in [0.4, 0.5) is 23.0 Å². The van der Waals surface area contributed by atoms with Crippen molar-refractivity contribution in [2.75, 3.05) is 11.5 Å². The third-order valence-electron chi connectivity index (χ3n) is 4.27. The first kappa shape index (κ1) is 17.7. The van der Waals surface area contributed by atoms with Crippen molar-refractivity contribution in [1.82, 2.24) is 9.55 Å². The summed E-state index contributed by atoms with van der Waals surface area (Å²) in [5.74, 6) is 0.637. The second-order valence-electron chi connectivity index (χ2n) is 5.80. The number of pyridine rings is 1. The van der Waals surface area contributed by atoms with Crippen molar-refractivity contribution >= 4 is 57.2 Å². The smallest absolute Gasteiger partial charge is 0.153 e. The van der Waals surface area contributed by atoms with Gasteiger partial charge in [0, 0.05) is 28.4 Å². The average Bonchev–Trinajstić information content (AvgIpc) is 2.94. The first-order valence-electron chi connectivity index (χ1n) is 8.12. The van der Waals surface area contributed by atoms with E-state index in [2.05, 4.69) is 57.0 Å². The number of nitrogens with zero attached hydrogens (tertiary/aromatic N) is 4. The summed E-state index contributed by atoms with van der Waals surface area (Å²) >= 11 is 0. The Hall–Kier alpha value is -3.12. The zero-order valence-electron chi connectivity index (χ0n) is 14.3. The van der Waals surface area contributed by atoms with Crippen molar-refractivity contribution in [2.45, 2.75) is 13.5 Å². The van der Waals surface area contributed by atoms with Gasteiger partial charge in [0.25, 0.3) is 0 Å². The van der Waals surface area contributed by atoms with Gasteiger partial charge in [-0.1, -0.05) is 18.2 Å². The van der Waals surface area contributed by atoms with E-state index in [9.17, 15) is 0 Å². The summed E-state index contributed by atoms with van der Waals surface area (Å²) in [5.41, 5.74) is 15.1. The molecule has 0 amide bonds. The number of fused-ring (bicyclic) bond motifs is 3. The van der Waals surface area contributed by atoms with Gasteiger partial charge in [0.05, 0.1) is 5.69 Å². The lowest BCUT2D eigenvalue weighted by molar-refractivity contribution is 0.827. The van der Waals surface area contributed by atoms with E-state index in [1.165, 1.54) is 16.4 Å². The number of azo groups is 1. The van der Waals surface area contributed by atoms with Gasteiger partial charge < -0.3 is 16.0 Å². The number of aryl methyl sites for hydroxylation is 1. The Morgan fingerprint density at radius 2 is 1.69 bits per heavy atom. The number of benzene rings is 2. The molecule has 4 aromatic rings. The molecule has 0 saturated carbocycles. The molecule has 0 aliphatic carbocycles. The fourth-order valence-electron chi connectivity index (χ4n) is 3.12. The minimum atomic E-state index is 0. The Balaban J connectivity index is 0.00000196. The van der Waals surface area contributed by atoms with Crippen molar-refractivity contribution in [3.8, 4) is 0 Å². The van der Waals surface area contributed by atoms with Crippen molar-refractivity contribution in [3.05, 3.63) is 54.6 Å². The maximum atomic E-state index is 5.82. The maximum Gasteiger partial charge on any atom is 0.153 e. The van der Waals surface area contributed by atoms with Crippen LogP contribution in [0.25, 0.3) is 21.8 Å². The molecule has 4 rings (SSSR count). The van der Waals surface area contributed by atoms with E-state index in [-0.39, 0.29) is 18.2 Å². The van der Waals surface area contributed by atoms with Gasteiger partial charge in [0.1, 0.15) is 11.5 Å². The predicted molar refractivity (Wildman–Crippen MR) is 110 cm³/mol. The van der Waals surface area contributed by atoms with Gasteiger partial charge in [-0.3, -0.25) is 0 Å². The van der Waals surface area contributed by atoms with E-state index < -0.39 is 0 Å². The second kappa shape index (κ2) is 7.01. The van der Waals surface area contributed by atoms with Gasteiger partial charge in [-0.05, 0) is 43.3 Å². The molecule has 0 spiro atoms. The maximum absolute atomic E-state index is 5.82. The number of aromatic nitrogens is 2. The first-order valence-corrected chi connectivity index (χ1v) is 8.12. The predicted octanol–water partition coefficient (Wildman–Crippen LogP) is 5.21. The van der Waals surface area contributed by atoms with Gasteiger partial charge in [0.2, 0.25) is 0 Å². The molecule has 0 aliphatic rings. The molecule has 2 aromatic carbocycles. The van der Waals surface area contributed by atoms with Crippen molar-refractivity contribution in [2.24, 2.45) is 10.2 Å². The number of nitrogen functional groups attached to an aromatic ring is 2. The summed E-state index contributed by atoms with van der Waals surface area (Å²) in [6.07, 6.45) is 0. The van der Waals surface area contributed by atoms with Crippen molar-refractivity contribution in [3.63, 3.8) is 0 Å². The standard InChI is InChI=1S/C19H18N6.ClH/c1-2-25-16-6-4-3-5-13(16)14-11-12(7-9-17(14)25)23-24-15-8-10-18(20)22-19(15)21;/h3-11H,2H2,1H3,(H4,20,21,22);1H. The summed E-state index contributed by atoms with van der Waals surface area (Å²) < 4.78 is 2.30. The Morgan fingerprint density at radius 1 is 0.923 bits per heavy atom. The quantitative estimate of drug-likeness (QED) is 0.487. The van der Waals surface area contributed by atoms with Crippen LogP contribution in [0.15, 0.2) is 64.8 Å². The Bertz CT molecular complexity index is 1120. The van der Waals surface area contributed by atoms with Gasteiger partial charge >= 0.3 is 0 Å². The molecule has 26 heavy (non-hydrogen) atoms. The number of rotatable bonds is 3. The fraction of sp³-hybridized carbons (Fsp3) is 0.105. The molecule has 0 unspecified atom stereocenters. The van der Waals surface area contributed by atoms with Crippen LogP contribution in [0, 0.1) is 0 Å². The summed E-state index contributed by atoms with van der Waals surface area (Å²) in [6.45, 7) is 3.06. The Kier molecular flexibility index (Phi) is 4.77. The molecule has 0 aliphatic heterocycles. The van der Waals surface area contributed by atoms with Crippen LogP contribution in [0.1, 0.15) is 6.92 Å². The zero-order chi connectivity index (χ0) is 17.4. The average molecular weight is 367 g/mol. The lowest BCUT2D eigenvalue weighted by Gasteiger charge is -2.02. The largest absolute Gasteiger partial charge is 0.384 e. The van der Waals surface area contributed by atoms with Gasteiger partial charge in [-0.15, -0.1) is 17.5 Å². The number of halogens is 1. The lowest BCUT2D eigenvalue weighted by atomic mass is 10.1. The van der Waals surface area contributed by atoms with Gasteiger partial charge in [-0.25, -0.2) is 4.98 Å². The molecule has 0 fully saturated rings. The molecule has 0 bridgehead atoms. The van der Waals surface area contributed by atoms with Gasteiger partial charge in [-0.2, -0.15) is 5.11 Å². The number of hydrogen-bond acceptors (Lipinski definition) is 5.